The molecule has 0 saturated heterocycles. The number of nitrogens with one attached hydrogen (secondary N) is 2. The molecular formula is C17H27F6N7O5S. The van der Waals surface area contributed by atoms with Gasteiger partial charge in [-0.25, -0.2) is 14.4 Å². The number of nitrogen functional groups attached to an aromatic ring is 1. The van der Waals surface area contributed by atoms with E-state index in [0.29, 0.717) is 18.2 Å². The molecule has 1 rings (SSSR count). The first kappa shape index (κ1) is 34.8. The first-order valence-electron chi connectivity index (χ1n) is 10.0. The molecule has 0 aromatic carbocycles. The number of halogens is 6. The number of carboxylic acid groups (broad SMARTS) is 2. The average Bonchev–Trinajstić information content (AvgIpc) is 3.15. The summed E-state index contributed by atoms with van der Waals surface area (Å²) in [7, 11) is 0. The number of hydrogen-bond donors (Lipinski definition) is 6. The summed E-state index contributed by atoms with van der Waals surface area (Å²) in [5, 5.41) is 28.5. The molecule has 0 saturated carbocycles. The predicted octanol–water partition coefficient (Wildman–Crippen LogP) is 2.51. The van der Waals surface area contributed by atoms with Crippen molar-refractivity contribution in [3.8, 4) is 0 Å². The number of rotatable bonds is 9. The molecule has 12 nitrogen and oxygen atoms in total. The lowest BCUT2D eigenvalue weighted by molar-refractivity contribution is -0.193. The summed E-state index contributed by atoms with van der Waals surface area (Å²) >= 11 is 1.37. The second kappa shape index (κ2) is 18.0. The van der Waals surface area contributed by atoms with Crippen molar-refractivity contribution in [2.45, 2.75) is 57.8 Å². The standard InChI is InChI=1S/C13H25N7OS.2C2HF3O2/c1-2-3-4-5-8-17-13(21)18-11(14)16-9-6-7-10-19-20-12(15)22-10;2*3-2(4,5)1(6)7/h2-9H2,1H3,(H2,15,20)(H4,14,16,17,18,21);2*(H,6,7). The first-order chi connectivity index (χ1) is 16.5. The second-order valence-corrected chi connectivity index (χ2v) is 7.55. The van der Waals surface area contributed by atoms with E-state index in [4.69, 9.17) is 31.3 Å². The Morgan fingerprint density at radius 1 is 0.972 bits per heavy atom. The molecule has 0 aliphatic carbocycles. The van der Waals surface area contributed by atoms with E-state index in [9.17, 15) is 31.1 Å². The van der Waals surface area contributed by atoms with E-state index in [0.717, 1.165) is 30.7 Å². The molecule has 2 amide bonds. The fourth-order valence-electron chi connectivity index (χ4n) is 1.75. The van der Waals surface area contributed by atoms with Gasteiger partial charge in [0.2, 0.25) is 5.13 Å². The van der Waals surface area contributed by atoms with Crippen LogP contribution >= 0.6 is 11.3 Å². The fraction of sp³-hybridized carbons (Fsp3) is 0.647. The minimum absolute atomic E-state index is 0.128. The van der Waals surface area contributed by atoms with Crippen LogP contribution in [0.1, 0.15) is 44.0 Å². The van der Waals surface area contributed by atoms with E-state index in [-0.39, 0.29) is 12.0 Å². The number of aryl methyl sites for hydroxylation is 1. The van der Waals surface area contributed by atoms with Gasteiger partial charge in [-0.2, -0.15) is 26.3 Å². The summed E-state index contributed by atoms with van der Waals surface area (Å²) in [6.45, 7) is 3.32. The van der Waals surface area contributed by atoms with E-state index in [1.54, 1.807) is 0 Å². The molecule has 0 radical (unpaired) electrons. The van der Waals surface area contributed by atoms with E-state index < -0.39 is 24.3 Å². The topological polar surface area (TPSA) is 206 Å². The van der Waals surface area contributed by atoms with Crippen molar-refractivity contribution in [1.82, 2.24) is 20.8 Å². The third-order valence-corrected chi connectivity index (χ3v) is 4.17. The monoisotopic (exact) mass is 555 g/mol. The maximum atomic E-state index is 11.5. The largest absolute Gasteiger partial charge is 0.490 e. The Bertz CT molecular complexity index is 810. The van der Waals surface area contributed by atoms with Crippen LogP contribution in [0.3, 0.4) is 0 Å². The number of nitrogens with two attached hydrogens (primary N) is 2. The molecule has 8 N–H and O–H groups in total. The van der Waals surface area contributed by atoms with Crippen LogP contribution in [0.15, 0.2) is 4.99 Å². The van der Waals surface area contributed by atoms with Gasteiger partial charge < -0.3 is 27.0 Å². The predicted molar refractivity (Wildman–Crippen MR) is 117 cm³/mol. The number of aliphatic carboxylic acids is 2. The Morgan fingerprint density at radius 2 is 1.50 bits per heavy atom. The highest BCUT2D eigenvalue weighted by Gasteiger charge is 2.38. The Hall–Kier alpha value is -3.38. The van der Waals surface area contributed by atoms with Gasteiger partial charge in [-0.15, -0.1) is 10.2 Å². The third kappa shape index (κ3) is 21.2. The maximum Gasteiger partial charge on any atom is 0.490 e. The molecule has 0 fully saturated rings. The average molecular weight is 556 g/mol. The van der Waals surface area contributed by atoms with Crippen LogP contribution in [-0.4, -0.2) is 69.8 Å². The maximum absolute atomic E-state index is 11.5. The van der Waals surface area contributed by atoms with E-state index in [1.165, 1.54) is 24.2 Å². The number of hydrogen-bond acceptors (Lipinski definition) is 8. The zero-order chi connectivity index (χ0) is 28.4. The van der Waals surface area contributed by atoms with Crippen molar-refractivity contribution < 1.29 is 50.9 Å². The molecule has 0 aliphatic heterocycles. The van der Waals surface area contributed by atoms with Crippen molar-refractivity contribution in [1.29, 1.82) is 0 Å². The molecule has 19 heteroatoms. The normalized spacial score (nSPS) is 11.4. The van der Waals surface area contributed by atoms with Crippen molar-refractivity contribution in [3.63, 3.8) is 0 Å². The Labute approximate surface area is 205 Å². The van der Waals surface area contributed by atoms with Crippen LogP contribution in [0.5, 0.6) is 0 Å². The molecule has 0 unspecified atom stereocenters. The van der Waals surface area contributed by atoms with Gasteiger partial charge in [0.05, 0.1) is 0 Å². The SMILES string of the molecule is CCCCCCNC(=O)NC(N)=NCCCc1nnc(N)s1.O=C(O)C(F)(F)F.O=C(O)C(F)(F)F. The number of guanidine groups is 1. The highest BCUT2D eigenvalue weighted by atomic mass is 32.1. The Kier molecular flexibility index (Phi) is 17.4. The van der Waals surface area contributed by atoms with Crippen LogP contribution < -0.4 is 22.1 Å². The zero-order valence-corrected chi connectivity index (χ0v) is 19.8. The first-order valence-corrected chi connectivity index (χ1v) is 10.8. The van der Waals surface area contributed by atoms with Crippen molar-refractivity contribution in [2.24, 2.45) is 10.7 Å². The minimum Gasteiger partial charge on any atom is -0.475 e. The smallest absolute Gasteiger partial charge is 0.475 e. The van der Waals surface area contributed by atoms with Gasteiger partial charge in [-0.3, -0.25) is 10.3 Å². The molecular weight excluding hydrogens is 528 g/mol. The number of amides is 2. The number of anilines is 1. The lowest BCUT2D eigenvalue weighted by atomic mass is 10.2. The van der Waals surface area contributed by atoms with Gasteiger partial charge >= 0.3 is 30.3 Å². The summed E-state index contributed by atoms with van der Waals surface area (Å²) in [6.07, 6.45) is -4.19. The van der Waals surface area contributed by atoms with Gasteiger partial charge in [-0.05, 0) is 12.8 Å². The Morgan fingerprint density at radius 3 is 1.92 bits per heavy atom. The number of alkyl halides is 6. The molecule has 36 heavy (non-hydrogen) atoms. The van der Waals surface area contributed by atoms with Gasteiger partial charge in [0.15, 0.2) is 5.96 Å². The quantitative estimate of drug-likeness (QED) is 0.114. The molecule has 208 valence electrons. The van der Waals surface area contributed by atoms with E-state index in [2.05, 4.69) is 32.7 Å². The number of aromatic nitrogens is 2. The molecule has 1 aromatic rings. The fourth-order valence-corrected chi connectivity index (χ4v) is 2.40. The minimum atomic E-state index is -5.08. The van der Waals surface area contributed by atoms with E-state index >= 15 is 0 Å². The Balaban J connectivity index is 0. The van der Waals surface area contributed by atoms with Crippen molar-refractivity contribution in [2.75, 3.05) is 18.8 Å². The summed E-state index contributed by atoms with van der Waals surface area (Å²) < 4.78 is 63.5. The number of carboxylic acids is 2. The van der Waals surface area contributed by atoms with Gasteiger partial charge in [0.25, 0.3) is 0 Å². The second-order valence-electron chi connectivity index (χ2n) is 6.45. The van der Waals surface area contributed by atoms with Gasteiger partial charge in [-0.1, -0.05) is 37.5 Å². The van der Waals surface area contributed by atoms with Gasteiger partial charge in [0.1, 0.15) is 5.01 Å². The number of nitrogens with zero attached hydrogens (tertiary/aromatic N) is 3. The number of urea groups is 1. The lowest BCUT2D eigenvalue weighted by Crippen LogP contribution is -2.43. The highest BCUT2D eigenvalue weighted by Crippen LogP contribution is 2.14. The molecule has 0 bridgehead atoms. The van der Waals surface area contributed by atoms with Crippen molar-refractivity contribution >= 4 is 40.4 Å². The molecule has 0 atom stereocenters. The zero-order valence-electron chi connectivity index (χ0n) is 18.9. The van der Waals surface area contributed by atoms with Crippen LogP contribution in [0, 0.1) is 0 Å². The lowest BCUT2D eigenvalue weighted by Gasteiger charge is -2.06. The number of carbonyl (C=O) groups is 3. The van der Waals surface area contributed by atoms with Crippen LogP contribution in [0.4, 0.5) is 36.3 Å². The van der Waals surface area contributed by atoms with Crippen molar-refractivity contribution in [3.05, 3.63) is 5.01 Å². The highest BCUT2D eigenvalue weighted by molar-refractivity contribution is 7.15. The summed E-state index contributed by atoms with van der Waals surface area (Å²) in [6, 6.07) is -0.311. The third-order valence-electron chi connectivity index (χ3n) is 3.36. The summed E-state index contributed by atoms with van der Waals surface area (Å²) in [4.78, 5) is 33.4. The molecule has 1 aromatic heterocycles. The molecule has 0 spiro atoms. The van der Waals surface area contributed by atoms with Gasteiger partial charge in [0, 0.05) is 19.5 Å². The van der Waals surface area contributed by atoms with Crippen LogP contribution in [0.2, 0.25) is 0 Å². The summed E-state index contributed by atoms with van der Waals surface area (Å²) in [5.74, 6) is -5.39. The number of carbonyl (C=O) groups excluding carboxylic acids is 1. The number of aliphatic imine (C=N–C) groups is 1. The number of unbranched alkanes of at least 4 members (excludes halogenated alkanes) is 3. The van der Waals surface area contributed by atoms with Crippen LogP contribution in [0.25, 0.3) is 0 Å². The van der Waals surface area contributed by atoms with Crippen LogP contribution in [-0.2, 0) is 16.0 Å². The van der Waals surface area contributed by atoms with E-state index in [1.807, 2.05) is 0 Å². The molecule has 0 aliphatic rings. The summed E-state index contributed by atoms with van der Waals surface area (Å²) in [5.41, 5.74) is 11.1. The molecule has 1 heterocycles.